The van der Waals surface area contributed by atoms with Crippen LogP contribution in [0.2, 0.25) is 0 Å². The van der Waals surface area contributed by atoms with E-state index >= 15 is 4.39 Å². The van der Waals surface area contributed by atoms with Gasteiger partial charge in [-0.1, -0.05) is 25.3 Å². The van der Waals surface area contributed by atoms with Gasteiger partial charge in [0.15, 0.2) is 0 Å². The summed E-state index contributed by atoms with van der Waals surface area (Å²) in [6.45, 7) is 3.70. The van der Waals surface area contributed by atoms with Crippen molar-refractivity contribution in [1.29, 1.82) is 0 Å². The highest BCUT2D eigenvalue weighted by atomic mass is 32.2. The molecule has 8 nitrogen and oxygen atoms in total. The highest BCUT2D eigenvalue weighted by Crippen LogP contribution is 2.66. The molecule has 2 aliphatic carbocycles. The Morgan fingerprint density at radius 1 is 1.00 bits per heavy atom. The van der Waals surface area contributed by atoms with Crippen molar-refractivity contribution in [2.75, 3.05) is 25.9 Å². The molecule has 10 heteroatoms. The van der Waals surface area contributed by atoms with Gasteiger partial charge in [0.2, 0.25) is 15.9 Å². The average molecular weight is 633 g/mol. The summed E-state index contributed by atoms with van der Waals surface area (Å²) in [6.07, 6.45) is 8.27. The Hall–Kier alpha value is -3.24. The summed E-state index contributed by atoms with van der Waals surface area (Å²) in [6, 6.07) is 10.9. The lowest BCUT2D eigenvalue weighted by Gasteiger charge is -2.41. The third-order valence-electron chi connectivity index (χ3n) is 11.5. The first-order valence-electron chi connectivity index (χ1n) is 16.6. The Morgan fingerprint density at radius 3 is 2.44 bits per heavy atom. The molecule has 8 rings (SSSR count). The molecule has 4 fully saturated rings. The maximum atomic E-state index is 15.0. The number of fused-ring (bicyclic) bond motifs is 9. The van der Waals surface area contributed by atoms with E-state index in [1.807, 2.05) is 12.1 Å². The summed E-state index contributed by atoms with van der Waals surface area (Å²) in [4.78, 5) is 32.5. The zero-order valence-electron chi connectivity index (χ0n) is 26.0. The largest absolute Gasteiger partial charge is 0.339 e. The van der Waals surface area contributed by atoms with Crippen LogP contribution in [0.1, 0.15) is 91.6 Å². The van der Waals surface area contributed by atoms with Crippen LogP contribution in [0.15, 0.2) is 36.4 Å². The molecule has 0 spiro atoms. The minimum absolute atomic E-state index is 0.0786. The number of likely N-dealkylation sites (N-methyl/N-ethyl adjacent to an activating group) is 1. The van der Waals surface area contributed by atoms with Crippen molar-refractivity contribution in [2.24, 2.45) is 5.41 Å². The number of sulfonamides is 1. The van der Waals surface area contributed by atoms with Gasteiger partial charge >= 0.3 is 0 Å². The van der Waals surface area contributed by atoms with Crippen molar-refractivity contribution in [3.63, 3.8) is 0 Å². The van der Waals surface area contributed by atoms with Crippen LogP contribution in [0.5, 0.6) is 0 Å². The van der Waals surface area contributed by atoms with Gasteiger partial charge in [0.05, 0.1) is 16.9 Å². The molecule has 2 saturated carbocycles. The minimum atomic E-state index is -3.74. The summed E-state index contributed by atoms with van der Waals surface area (Å²) in [5, 5.41) is 1.03. The van der Waals surface area contributed by atoms with Crippen LogP contribution in [0.25, 0.3) is 22.2 Å². The number of halogens is 1. The lowest BCUT2D eigenvalue weighted by atomic mass is 9.81. The number of carbonyl (C=O) groups is 2. The van der Waals surface area contributed by atoms with Gasteiger partial charge in [0.25, 0.3) is 5.91 Å². The SMILES string of the molecule is CCS(=O)(=O)NC(=O)c1ccc2c(C3CCCCC3)c3n(c2c1)CC1(C(=O)N2C4CCC2CN(C)C4)CC1c1cc(F)ccc1-3. The molecular weight excluding hydrogens is 591 g/mol. The first-order valence-corrected chi connectivity index (χ1v) is 18.3. The van der Waals surface area contributed by atoms with E-state index in [0.717, 1.165) is 79.3 Å². The zero-order chi connectivity index (χ0) is 31.2. The molecular formula is C35H41FN4O4S. The molecule has 4 heterocycles. The zero-order valence-corrected chi connectivity index (χ0v) is 26.8. The Labute approximate surface area is 264 Å². The summed E-state index contributed by atoms with van der Waals surface area (Å²) in [5.74, 6) is -0.730. The van der Waals surface area contributed by atoms with E-state index in [0.29, 0.717) is 18.9 Å². The quantitative estimate of drug-likeness (QED) is 0.409. The second-order valence-corrected chi connectivity index (χ2v) is 16.2. The first kappa shape index (κ1) is 29.2. The highest BCUT2D eigenvalue weighted by molar-refractivity contribution is 7.90. The van der Waals surface area contributed by atoms with E-state index in [-0.39, 0.29) is 41.0 Å². The lowest BCUT2D eigenvalue weighted by molar-refractivity contribution is -0.143. The van der Waals surface area contributed by atoms with Crippen molar-refractivity contribution in [2.45, 2.75) is 88.8 Å². The molecule has 238 valence electrons. The van der Waals surface area contributed by atoms with Gasteiger partial charge in [0, 0.05) is 59.7 Å². The van der Waals surface area contributed by atoms with Crippen molar-refractivity contribution in [1.82, 2.24) is 19.1 Å². The van der Waals surface area contributed by atoms with E-state index in [1.165, 1.54) is 25.0 Å². The molecule has 3 aromatic rings. The standard InChI is InChI=1S/C35H41FN4O4S/c1-3-45(43,44)37-33(41)22-9-13-27-30(15-22)39-20-35(34(42)40-24-11-12-25(40)19-38(2)18-24)17-29(35)28-16-23(36)10-14-26(28)32(39)31(27)21-7-5-4-6-8-21/h9-10,13-16,21,24-25,29H,3-8,11-12,17-20H2,1-2H3,(H,37,41). The number of hydrogen-bond donors (Lipinski definition) is 1. The van der Waals surface area contributed by atoms with Gasteiger partial charge in [-0.2, -0.15) is 0 Å². The summed E-state index contributed by atoms with van der Waals surface area (Å²) >= 11 is 0. The second-order valence-electron chi connectivity index (χ2n) is 14.2. The lowest BCUT2D eigenvalue weighted by Crippen LogP contribution is -2.57. The highest BCUT2D eigenvalue weighted by Gasteiger charge is 2.65. The van der Waals surface area contributed by atoms with Gasteiger partial charge in [-0.25, -0.2) is 17.5 Å². The fourth-order valence-electron chi connectivity index (χ4n) is 9.26. The Morgan fingerprint density at radius 2 is 1.73 bits per heavy atom. The molecule has 45 heavy (non-hydrogen) atoms. The number of likely N-dealkylation sites (tertiary alicyclic amines) is 1. The Kier molecular flexibility index (Phi) is 6.74. The normalized spacial score (nSPS) is 27.9. The Balaban J connectivity index is 1.32. The number of piperazine rings is 1. The Bertz CT molecular complexity index is 1830. The minimum Gasteiger partial charge on any atom is -0.339 e. The molecule has 2 aromatic carbocycles. The summed E-state index contributed by atoms with van der Waals surface area (Å²) < 4.78 is 44.0. The number of aromatic nitrogens is 1. The van der Waals surface area contributed by atoms with Crippen LogP contribution >= 0.6 is 0 Å². The molecule has 3 aliphatic heterocycles. The number of rotatable bonds is 5. The van der Waals surface area contributed by atoms with Gasteiger partial charge in [-0.15, -0.1) is 0 Å². The molecule has 1 aromatic heterocycles. The number of nitrogens with one attached hydrogen (secondary N) is 1. The molecule has 1 N–H and O–H groups in total. The van der Waals surface area contributed by atoms with Crippen molar-refractivity contribution < 1.29 is 22.4 Å². The second kappa shape index (κ2) is 10.4. The van der Waals surface area contributed by atoms with Crippen LogP contribution in [-0.2, 0) is 21.4 Å². The van der Waals surface area contributed by atoms with Crippen LogP contribution in [0.4, 0.5) is 4.39 Å². The van der Waals surface area contributed by atoms with Crippen LogP contribution in [0.3, 0.4) is 0 Å². The van der Waals surface area contributed by atoms with E-state index in [9.17, 15) is 18.0 Å². The summed E-state index contributed by atoms with van der Waals surface area (Å²) in [7, 11) is -1.61. The molecule has 2 saturated heterocycles. The topological polar surface area (TPSA) is 91.7 Å². The molecule has 4 atom stereocenters. The average Bonchev–Trinajstić information content (AvgIpc) is 3.61. The number of nitrogens with zero attached hydrogens (tertiary/aromatic N) is 3. The predicted octanol–water partition coefficient (Wildman–Crippen LogP) is 5.37. The van der Waals surface area contributed by atoms with Crippen LogP contribution in [-0.4, -0.2) is 72.6 Å². The van der Waals surface area contributed by atoms with E-state index in [1.54, 1.807) is 18.2 Å². The van der Waals surface area contributed by atoms with Crippen LogP contribution < -0.4 is 4.72 Å². The number of carbonyl (C=O) groups excluding carboxylic acids is 2. The van der Waals surface area contributed by atoms with Crippen LogP contribution in [0, 0.1) is 11.2 Å². The van der Waals surface area contributed by atoms with E-state index in [4.69, 9.17) is 0 Å². The van der Waals surface area contributed by atoms with E-state index in [2.05, 4.69) is 26.1 Å². The fraction of sp³-hybridized carbons (Fsp3) is 0.543. The van der Waals surface area contributed by atoms with Crippen molar-refractivity contribution in [3.8, 4) is 11.3 Å². The molecule has 2 bridgehead atoms. The summed E-state index contributed by atoms with van der Waals surface area (Å²) in [5.41, 5.74) is 4.55. The smallest absolute Gasteiger partial charge is 0.264 e. The fourth-order valence-corrected chi connectivity index (χ4v) is 9.81. The van der Waals surface area contributed by atoms with Gasteiger partial charge in [-0.3, -0.25) is 9.59 Å². The molecule has 2 amide bonds. The molecule has 0 radical (unpaired) electrons. The van der Waals surface area contributed by atoms with Crippen molar-refractivity contribution in [3.05, 3.63) is 58.9 Å². The van der Waals surface area contributed by atoms with Gasteiger partial charge < -0.3 is 14.4 Å². The number of benzene rings is 2. The maximum Gasteiger partial charge on any atom is 0.264 e. The monoisotopic (exact) mass is 632 g/mol. The number of amides is 2. The van der Waals surface area contributed by atoms with Crippen molar-refractivity contribution >= 4 is 32.7 Å². The maximum absolute atomic E-state index is 15.0. The van der Waals surface area contributed by atoms with E-state index < -0.39 is 21.3 Å². The number of hydrogen-bond acceptors (Lipinski definition) is 5. The third kappa shape index (κ3) is 4.57. The third-order valence-corrected chi connectivity index (χ3v) is 12.7. The first-order chi connectivity index (χ1) is 21.6. The van der Waals surface area contributed by atoms with Gasteiger partial charge in [-0.05, 0) is 93.5 Å². The predicted molar refractivity (Wildman–Crippen MR) is 171 cm³/mol. The van der Waals surface area contributed by atoms with Gasteiger partial charge in [0.1, 0.15) is 5.82 Å². The molecule has 5 aliphatic rings. The molecule has 4 unspecified atom stereocenters.